The summed E-state index contributed by atoms with van der Waals surface area (Å²) in [6.07, 6.45) is 0. The Morgan fingerprint density at radius 3 is 3.00 bits per heavy atom. The summed E-state index contributed by atoms with van der Waals surface area (Å²) in [5.41, 5.74) is 1.98. The Bertz CT molecular complexity index is 276. The minimum Gasteiger partial charge on any atom is -0.332 e. The van der Waals surface area contributed by atoms with Gasteiger partial charge in [-0.15, -0.1) is 11.3 Å². The van der Waals surface area contributed by atoms with Crippen molar-refractivity contribution in [2.75, 3.05) is 0 Å². The number of urea groups is 1. The molecule has 0 fully saturated rings. The van der Waals surface area contributed by atoms with Gasteiger partial charge in [0.15, 0.2) is 0 Å². The SMILES string of the molecule is NNC(=O)NCc1cc(Br)cs1. The van der Waals surface area contributed by atoms with Crippen molar-refractivity contribution in [3.63, 3.8) is 0 Å². The zero-order chi connectivity index (χ0) is 8.97. The molecule has 4 N–H and O–H groups in total. The molecule has 0 aliphatic heterocycles. The van der Waals surface area contributed by atoms with Crippen molar-refractivity contribution in [3.8, 4) is 0 Å². The molecular weight excluding hydrogens is 242 g/mol. The largest absolute Gasteiger partial charge is 0.332 e. The van der Waals surface area contributed by atoms with Gasteiger partial charge in [0.05, 0.1) is 6.54 Å². The van der Waals surface area contributed by atoms with E-state index in [1.54, 1.807) is 11.3 Å². The molecule has 0 atom stereocenters. The van der Waals surface area contributed by atoms with Crippen molar-refractivity contribution >= 4 is 33.3 Å². The molecule has 12 heavy (non-hydrogen) atoms. The molecule has 1 aromatic rings. The fraction of sp³-hybridized carbons (Fsp3) is 0.167. The predicted molar refractivity (Wildman–Crippen MR) is 51.6 cm³/mol. The number of hydrazine groups is 1. The number of nitrogens with two attached hydrogens (primary N) is 1. The highest BCUT2D eigenvalue weighted by Gasteiger charge is 1.99. The first-order valence-electron chi connectivity index (χ1n) is 3.19. The molecule has 2 amide bonds. The van der Waals surface area contributed by atoms with E-state index in [9.17, 15) is 4.79 Å². The van der Waals surface area contributed by atoms with Crippen LogP contribution in [-0.4, -0.2) is 6.03 Å². The number of halogens is 1. The Morgan fingerprint density at radius 1 is 1.75 bits per heavy atom. The van der Waals surface area contributed by atoms with E-state index in [2.05, 4.69) is 21.2 Å². The summed E-state index contributed by atoms with van der Waals surface area (Å²) in [7, 11) is 0. The highest BCUT2D eigenvalue weighted by atomic mass is 79.9. The third-order valence-electron chi connectivity index (χ3n) is 1.18. The average Bonchev–Trinajstić information content (AvgIpc) is 2.47. The number of rotatable bonds is 2. The zero-order valence-corrected chi connectivity index (χ0v) is 8.54. The molecule has 0 radical (unpaired) electrons. The molecule has 1 heterocycles. The first kappa shape index (κ1) is 9.50. The van der Waals surface area contributed by atoms with E-state index in [-0.39, 0.29) is 6.03 Å². The molecule has 0 bridgehead atoms. The Kier molecular flexibility index (Phi) is 3.51. The second-order valence-electron chi connectivity index (χ2n) is 2.06. The van der Waals surface area contributed by atoms with Crippen molar-refractivity contribution < 1.29 is 4.79 Å². The number of thiophene rings is 1. The van der Waals surface area contributed by atoms with Gasteiger partial charge in [0.2, 0.25) is 0 Å². The Morgan fingerprint density at radius 2 is 2.50 bits per heavy atom. The summed E-state index contributed by atoms with van der Waals surface area (Å²) in [5, 5.41) is 4.53. The standard InChI is InChI=1S/C6H8BrN3OS/c7-4-1-5(12-3-4)2-9-6(11)10-8/h1,3H,2,8H2,(H2,9,10,11). The highest BCUT2D eigenvalue weighted by Crippen LogP contribution is 2.19. The fourth-order valence-corrected chi connectivity index (χ4v) is 2.06. The molecule has 0 spiro atoms. The molecule has 1 rings (SSSR count). The lowest BCUT2D eigenvalue weighted by Crippen LogP contribution is -2.39. The monoisotopic (exact) mass is 249 g/mol. The van der Waals surface area contributed by atoms with Crippen LogP contribution in [0.3, 0.4) is 0 Å². The van der Waals surface area contributed by atoms with Gasteiger partial charge in [0.1, 0.15) is 0 Å². The van der Waals surface area contributed by atoms with E-state index in [0.717, 1.165) is 9.35 Å². The van der Waals surface area contributed by atoms with Crippen molar-refractivity contribution in [1.82, 2.24) is 10.7 Å². The van der Waals surface area contributed by atoms with Crippen LogP contribution in [0.25, 0.3) is 0 Å². The van der Waals surface area contributed by atoms with E-state index in [1.165, 1.54) is 0 Å². The number of amides is 2. The number of carbonyl (C=O) groups excluding carboxylic acids is 1. The summed E-state index contributed by atoms with van der Waals surface area (Å²) in [4.78, 5) is 11.7. The minimum atomic E-state index is -0.375. The number of nitrogens with one attached hydrogen (secondary N) is 2. The van der Waals surface area contributed by atoms with Gasteiger partial charge < -0.3 is 5.32 Å². The van der Waals surface area contributed by atoms with E-state index >= 15 is 0 Å². The maximum atomic E-state index is 10.6. The lowest BCUT2D eigenvalue weighted by atomic mass is 10.5. The summed E-state index contributed by atoms with van der Waals surface area (Å²) >= 11 is 4.89. The lowest BCUT2D eigenvalue weighted by molar-refractivity contribution is 0.241. The van der Waals surface area contributed by atoms with Crippen LogP contribution in [0.5, 0.6) is 0 Å². The van der Waals surface area contributed by atoms with E-state index in [1.807, 2.05) is 16.9 Å². The first-order valence-corrected chi connectivity index (χ1v) is 4.87. The van der Waals surface area contributed by atoms with Crippen molar-refractivity contribution in [2.24, 2.45) is 5.84 Å². The van der Waals surface area contributed by atoms with Gasteiger partial charge in [-0.3, -0.25) is 5.43 Å². The second kappa shape index (κ2) is 4.44. The smallest absolute Gasteiger partial charge is 0.329 e. The van der Waals surface area contributed by atoms with Crippen molar-refractivity contribution in [2.45, 2.75) is 6.54 Å². The molecule has 1 aromatic heterocycles. The van der Waals surface area contributed by atoms with E-state index in [4.69, 9.17) is 5.84 Å². The third kappa shape index (κ3) is 2.80. The zero-order valence-electron chi connectivity index (χ0n) is 6.13. The van der Waals surface area contributed by atoms with E-state index in [0.29, 0.717) is 6.54 Å². The molecule has 0 saturated heterocycles. The van der Waals surface area contributed by atoms with Crippen LogP contribution in [0.2, 0.25) is 0 Å². The van der Waals surface area contributed by atoms with Gasteiger partial charge in [-0.25, -0.2) is 10.6 Å². The van der Waals surface area contributed by atoms with Crippen LogP contribution in [0.1, 0.15) is 4.88 Å². The van der Waals surface area contributed by atoms with Gasteiger partial charge in [-0.1, -0.05) is 0 Å². The van der Waals surface area contributed by atoms with Gasteiger partial charge in [0, 0.05) is 14.7 Å². The number of hydrogen-bond acceptors (Lipinski definition) is 3. The van der Waals surface area contributed by atoms with Crippen LogP contribution in [0.4, 0.5) is 4.79 Å². The predicted octanol–water partition coefficient (Wildman–Crippen LogP) is 1.18. The minimum absolute atomic E-state index is 0.375. The maximum Gasteiger partial charge on any atom is 0.329 e. The van der Waals surface area contributed by atoms with Crippen LogP contribution >= 0.6 is 27.3 Å². The molecule has 0 aliphatic rings. The Hall–Kier alpha value is -0.590. The third-order valence-corrected chi connectivity index (χ3v) is 2.87. The molecule has 4 nitrogen and oxygen atoms in total. The average molecular weight is 250 g/mol. The molecule has 6 heteroatoms. The topological polar surface area (TPSA) is 67.1 Å². The van der Waals surface area contributed by atoms with Gasteiger partial charge >= 0.3 is 6.03 Å². The molecule has 0 saturated carbocycles. The molecule has 0 unspecified atom stereocenters. The maximum absolute atomic E-state index is 10.6. The first-order chi connectivity index (χ1) is 5.72. The molecule has 66 valence electrons. The van der Waals surface area contributed by atoms with Crippen molar-refractivity contribution in [3.05, 3.63) is 20.8 Å². The van der Waals surface area contributed by atoms with Crippen LogP contribution in [-0.2, 0) is 6.54 Å². The molecule has 0 aliphatic carbocycles. The number of hydrogen-bond donors (Lipinski definition) is 3. The normalized spacial score (nSPS) is 9.50. The fourth-order valence-electron chi connectivity index (χ4n) is 0.665. The molecular formula is C6H8BrN3OS. The highest BCUT2D eigenvalue weighted by molar-refractivity contribution is 9.10. The van der Waals surface area contributed by atoms with Crippen LogP contribution < -0.4 is 16.6 Å². The van der Waals surface area contributed by atoms with Gasteiger partial charge in [-0.05, 0) is 22.0 Å². The summed E-state index contributed by atoms with van der Waals surface area (Å²) in [5.74, 6) is 4.87. The van der Waals surface area contributed by atoms with Crippen LogP contribution in [0.15, 0.2) is 15.9 Å². The summed E-state index contributed by atoms with van der Waals surface area (Å²) in [6.45, 7) is 0.499. The lowest BCUT2D eigenvalue weighted by Gasteiger charge is -2.00. The van der Waals surface area contributed by atoms with E-state index < -0.39 is 0 Å². The van der Waals surface area contributed by atoms with Crippen LogP contribution in [0, 0.1) is 0 Å². The Labute approximate surface area is 82.2 Å². The Balaban J connectivity index is 2.38. The number of carbonyl (C=O) groups is 1. The van der Waals surface area contributed by atoms with Gasteiger partial charge in [-0.2, -0.15) is 0 Å². The van der Waals surface area contributed by atoms with Crippen molar-refractivity contribution in [1.29, 1.82) is 0 Å². The summed E-state index contributed by atoms with van der Waals surface area (Å²) in [6, 6.07) is 1.57. The second-order valence-corrected chi connectivity index (χ2v) is 3.97. The quantitative estimate of drug-likeness (QED) is 0.419. The van der Waals surface area contributed by atoms with Gasteiger partial charge in [0.25, 0.3) is 0 Å². The molecule has 0 aromatic carbocycles. The summed E-state index contributed by atoms with van der Waals surface area (Å²) < 4.78 is 1.03.